The Bertz CT molecular complexity index is 1900. The number of ether oxygens (including phenoxy) is 2. The van der Waals surface area contributed by atoms with Crippen LogP contribution in [0.15, 0.2) is 23.8 Å². The Morgan fingerprint density at radius 2 is 2.02 bits per heavy atom. The van der Waals surface area contributed by atoms with Crippen LogP contribution in [0.2, 0.25) is 0 Å². The van der Waals surface area contributed by atoms with Crippen molar-refractivity contribution >= 4 is 52.6 Å². The predicted molar refractivity (Wildman–Crippen MR) is 149 cm³/mol. The third-order valence-electron chi connectivity index (χ3n) is 7.31. The number of nitrogens with zero attached hydrogens (tertiary/aromatic N) is 7. The Labute approximate surface area is 249 Å². The average molecular weight is 655 g/mol. The van der Waals surface area contributed by atoms with Gasteiger partial charge in [-0.3, -0.25) is 23.4 Å². The summed E-state index contributed by atoms with van der Waals surface area (Å²) in [6.07, 6.45) is 0.484. The molecule has 1 unspecified atom stereocenters. The van der Waals surface area contributed by atoms with Gasteiger partial charge in [0.25, 0.3) is 5.56 Å². The molecule has 8 atom stereocenters. The first kappa shape index (κ1) is 30.4. The molecule has 22 heteroatoms. The quantitative estimate of drug-likeness (QED) is 0.0756. The van der Waals surface area contributed by atoms with E-state index in [0.29, 0.717) is 0 Å². The Hall–Kier alpha value is -3.68. The number of nitrogens with one attached hydrogen (secondary N) is 1. The van der Waals surface area contributed by atoms with E-state index in [4.69, 9.17) is 48.2 Å². The zero-order chi connectivity index (χ0) is 31.6. The number of rotatable bonds is 8. The van der Waals surface area contributed by atoms with Crippen molar-refractivity contribution in [3.05, 3.63) is 29.3 Å². The monoisotopic (exact) mass is 654 g/mol. The van der Waals surface area contributed by atoms with E-state index < -0.39 is 74.1 Å². The van der Waals surface area contributed by atoms with Gasteiger partial charge in [0, 0.05) is 0 Å². The van der Waals surface area contributed by atoms with Crippen LogP contribution in [0.25, 0.3) is 22.3 Å². The first-order valence-electron chi connectivity index (χ1n) is 12.6. The summed E-state index contributed by atoms with van der Waals surface area (Å²) in [5, 5.41) is 32.3. The van der Waals surface area contributed by atoms with Crippen LogP contribution in [0.5, 0.6) is 0 Å². The van der Waals surface area contributed by atoms with Gasteiger partial charge in [0.1, 0.15) is 30.2 Å². The Morgan fingerprint density at radius 1 is 1.27 bits per heavy atom. The summed E-state index contributed by atoms with van der Waals surface area (Å²) in [6, 6.07) is 0. The highest BCUT2D eigenvalue weighted by molar-refractivity contribution is 8.07. The molecule has 4 aromatic rings. The molecule has 0 aliphatic carbocycles. The lowest BCUT2D eigenvalue weighted by Crippen LogP contribution is -2.52. The molecule has 2 aliphatic heterocycles. The number of nitrogen functional groups attached to an aromatic ring is 2. The van der Waals surface area contributed by atoms with E-state index in [0.717, 1.165) is 28.1 Å². The maximum atomic E-state index is 15.4. The molecular formula is C22H24FN10O9PS. The van der Waals surface area contributed by atoms with E-state index in [9.17, 15) is 25.0 Å². The van der Waals surface area contributed by atoms with Crippen molar-refractivity contribution in [2.75, 3.05) is 31.3 Å². The lowest BCUT2D eigenvalue weighted by atomic mass is 9.93. The highest BCUT2D eigenvalue weighted by Gasteiger charge is 2.60. The van der Waals surface area contributed by atoms with Crippen LogP contribution in [0.3, 0.4) is 0 Å². The molecule has 0 bridgehead atoms. The van der Waals surface area contributed by atoms with Crippen LogP contribution in [0, 0.1) is 12.3 Å². The second-order valence-electron chi connectivity index (χ2n) is 9.93. The normalized spacial score (nSPS) is 31.9. The number of aromatic nitrogens is 8. The van der Waals surface area contributed by atoms with E-state index in [1.165, 1.54) is 0 Å². The summed E-state index contributed by atoms with van der Waals surface area (Å²) >= 11 is 5.12. The van der Waals surface area contributed by atoms with Gasteiger partial charge < -0.3 is 45.7 Å². The van der Waals surface area contributed by atoms with E-state index >= 15 is 4.39 Å². The number of hydrogen-bond acceptors (Lipinski definition) is 16. The molecule has 2 fully saturated rings. The van der Waals surface area contributed by atoms with Gasteiger partial charge in [0.2, 0.25) is 5.95 Å². The average Bonchev–Trinajstić information content (AvgIpc) is 3.74. The third kappa shape index (κ3) is 4.72. The van der Waals surface area contributed by atoms with E-state index in [-0.39, 0.29) is 34.1 Å². The molecule has 0 saturated carbocycles. The number of imidazole rings is 2. The standard InChI is InChI=1S/C22H24FN10O9PS/c1-2-21(19(36)22(37,5-39-21)33-8-29-11-14(24)26-6-27-15(11)33)4-40-43(38,44)42-13-10(23)9(3-34)41-18(13)32-7-28-12-16(32)30-20(25)31-17(12)35/h1,6-10,13,18-19,34,36-37H,3-5H2,(H,38,44)(H2,24,26,27)(H3,25,30,31,35)/t9-,10+,13-,18-,19-,21-,22-,43?/m1/s1. The minimum absolute atomic E-state index is 0.0222. The largest absolute Gasteiger partial charge is 0.394 e. The van der Waals surface area contributed by atoms with Gasteiger partial charge in [-0.1, -0.05) is 5.92 Å². The molecule has 19 nitrogen and oxygen atoms in total. The van der Waals surface area contributed by atoms with Gasteiger partial charge in [-0.05, 0) is 11.8 Å². The molecule has 2 saturated heterocycles. The van der Waals surface area contributed by atoms with Gasteiger partial charge in [-0.15, -0.1) is 6.42 Å². The zero-order valence-corrected chi connectivity index (χ0v) is 23.9. The van der Waals surface area contributed by atoms with Crippen LogP contribution in [0.1, 0.15) is 6.23 Å². The Balaban J connectivity index is 1.24. The predicted octanol–water partition coefficient (Wildman–Crippen LogP) is -2.62. The SMILES string of the molecule is C#C[C@]1(COP(O)(=S)O[C@@H]2[C@@H](F)[C@@H](CO)O[C@H]2n2cnc3c(=O)[nH]c(N)nc32)OC[C@](O)(n2cnc3c(N)ncnc32)[C@@H]1O. The molecule has 0 aromatic carbocycles. The molecule has 234 valence electrons. The summed E-state index contributed by atoms with van der Waals surface area (Å²) in [5.41, 5.74) is 6.40. The number of hydrogen-bond donors (Lipinski definition) is 7. The van der Waals surface area contributed by atoms with E-state index in [1.807, 2.05) is 0 Å². The van der Waals surface area contributed by atoms with Crippen molar-refractivity contribution in [2.24, 2.45) is 0 Å². The van der Waals surface area contributed by atoms with Crippen molar-refractivity contribution < 1.29 is 43.1 Å². The number of aliphatic hydroxyl groups excluding tert-OH is 2. The molecule has 6 rings (SSSR count). The van der Waals surface area contributed by atoms with E-state index in [2.05, 4.69) is 35.8 Å². The molecule has 4 aromatic heterocycles. The summed E-state index contributed by atoms with van der Waals surface area (Å²) in [4.78, 5) is 45.4. The lowest BCUT2D eigenvalue weighted by molar-refractivity contribution is -0.118. The van der Waals surface area contributed by atoms with Gasteiger partial charge in [-0.25, -0.2) is 24.3 Å². The minimum atomic E-state index is -4.46. The first-order valence-corrected chi connectivity index (χ1v) is 15.2. The van der Waals surface area contributed by atoms with Crippen molar-refractivity contribution in [2.45, 2.75) is 42.0 Å². The smallest absolute Gasteiger partial charge is 0.325 e. The van der Waals surface area contributed by atoms with Crippen molar-refractivity contribution in [3.63, 3.8) is 0 Å². The number of fused-ring (bicyclic) bond motifs is 2. The zero-order valence-electron chi connectivity index (χ0n) is 22.2. The number of aliphatic hydroxyl groups is 3. The fourth-order valence-electron chi connectivity index (χ4n) is 5.06. The second-order valence-corrected chi connectivity index (χ2v) is 12.7. The molecule has 0 amide bonds. The van der Waals surface area contributed by atoms with E-state index in [1.54, 1.807) is 0 Å². The topological polar surface area (TPSA) is 277 Å². The van der Waals surface area contributed by atoms with Crippen LogP contribution in [-0.4, -0.2) is 109 Å². The summed E-state index contributed by atoms with van der Waals surface area (Å²) in [6.45, 7) is -6.65. The second kappa shape index (κ2) is 10.7. The maximum absolute atomic E-state index is 15.4. The number of nitrogens with two attached hydrogens (primary N) is 2. The highest BCUT2D eigenvalue weighted by atomic mass is 32.5. The van der Waals surface area contributed by atoms with Gasteiger partial charge >= 0.3 is 6.72 Å². The lowest BCUT2D eigenvalue weighted by Gasteiger charge is -2.33. The molecule has 44 heavy (non-hydrogen) atoms. The molecule has 0 radical (unpaired) electrons. The number of alkyl halides is 1. The number of anilines is 2. The highest BCUT2D eigenvalue weighted by Crippen LogP contribution is 2.52. The van der Waals surface area contributed by atoms with Gasteiger partial charge in [0.05, 0.1) is 32.5 Å². The van der Waals surface area contributed by atoms with Crippen molar-refractivity contribution in [1.29, 1.82) is 0 Å². The fourth-order valence-corrected chi connectivity index (χ4v) is 6.46. The maximum Gasteiger partial charge on any atom is 0.325 e. The number of terminal acetylenes is 1. The van der Waals surface area contributed by atoms with Crippen LogP contribution < -0.4 is 17.0 Å². The molecule has 0 spiro atoms. The summed E-state index contributed by atoms with van der Waals surface area (Å²) in [7, 11) is 0. The Morgan fingerprint density at radius 3 is 2.75 bits per heavy atom. The molecular weight excluding hydrogens is 630 g/mol. The summed E-state index contributed by atoms with van der Waals surface area (Å²) in [5.74, 6) is 1.97. The number of aromatic amines is 1. The molecule has 2 aliphatic rings. The van der Waals surface area contributed by atoms with Crippen molar-refractivity contribution in [1.82, 2.24) is 39.0 Å². The van der Waals surface area contributed by atoms with Crippen molar-refractivity contribution in [3.8, 4) is 12.3 Å². The first-order chi connectivity index (χ1) is 20.8. The van der Waals surface area contributed by atoms with Gasteiger partial charge in [0.15, 0.2) is 46.4 Å². The number of H-pyrrole nitrogens is 1. The molecule has 9 N–H and O–H groups in total. The minimum Gasteiger partial charge on any atom is -0.394 e. The Kier molecular flexibility index (Phi) is 7.41. The van der Waals surface area contributed by atoms with Crippen LogP contribution in [0.4, 0.5) is 16.2 Å². The molecule has 6 heterocycles. The van der Waals surface area contributed by atoms with Crippen LogP contribution >= 0.6 is 6.72 Å². The third-order valence-corrected chi connectivity index (χ3v) is 8.85. The summed E-state index contributed by atoms with van der Waals surface area (Å²) < 4.78 is 39.8. The van der Waals surface area contributed by atoms with Gasteiger partial charge in [-0.2, -0.15) is 4.98 Å². The van der Waals surface area contributed by atoms with Crippen LogP contribution in [-0.2, 0) is 36.1 Å². The number of halogens is 1. The fraction of sp³-hybridized carbons (Fsp3) is 0.455.